The Morgan fingerprint density at radius 2 is 1.90 bits per heavy atom. The van der Waals surface area contributed by atoms with Gasteiger partial charge in [0.2, 0.25) is 11.9 Å². The first-order valence-electron chi connectivity index (χ1n) is 9.49. The summed E-state index contributed by atoms with van der Waals surface area (Å²) in [6.45, 7) is 0.201. The van der Waals surface area contributed by atoms with Crippen LogP contribution < -0.4 is 11.1 Å². The van der Waals surface area contributed by atoms with Crippen molar-refractivity contribution in [3.05, 3.63) is 71.9 Å². The maximum atomic E-state index is 14.6. The number of primary amides is 1. The van der Waals surface area contributed by atoms with E-state index >= 15 is 0 Å². The van der Waals surface area contributed by atoms with Crippen LogP contribution in [0.25, 0.3) is 17.0 Å². The number of nitrogens with one attached hydrogen (secondary N) is 1. The number of para-hydroxylation sites is 1. The number of rotatable bonds is 5. The molecule has 1 aliphatic heterocycles. The van der Waals surface area contributed by atoms with E-state index < -0.39 is 18.1 Å². The number of alkyl halides is 1. The molecule has 7 nitrogen and oxygen atoms in total. The second-order valence-electron chi connectivity index (χ2n) is 7.09. The smallest absolute Gasteiger partial charge is 0.254 e. The molecule has 0 saturated carbocycles. The van der Waals surface area contributed by atoms with Crippen molar-refractivity contribution in [2.24, 2.45) is 5.73 Å². The molecule has 0 unspecified atom stereocenters. The van der Waals surface area contributed by atoms with Crippen LogP contribution in [0.3, 0.4) is 0 Å². The van der Waals surface area contributed by atoms with Crippen LogP contribution in [-0.2, 0) is 4.79 Å². The minimum Gasteiger partial charge on any atom is -0.366 e. The molecule has 4 rings (SSSR count). The molecule has 3 N–H and O–H groups in total. The minimum absolute atomic E-state index is 0.00654. The van der Waals surface area contributed by atoms with Crippen LogP contribution in [-0.4, -0.2) is 52.0 Å². The van der Waals surface area contributed by atoms with Crippen LogP contribution in [0, 0.1) is 0 Å². The predicted octanol–water partition coefficient (Wildman–Crippen LogP) is 2.40. The number of carbonyl (C=O) groups is 2. The maximum Gasteiger partial charge on any atom is 0.254 e. The Morgan fingerprint density at radius 1 is 1.13 bits per heavy atom. The lowest BCUT2D eigenvalue weighted by Crippen LogP contribution is -2.32. The topological polar surface area (TPSA) is 101 Å². The molecule has 0 aliphatic carbocycles. The normalized spacial score (nSPS) is 18.8. The molecule has 1 saturated heterocycles. The van der Waals surface area contributed by atoms with Crippen LogP contribution in [0.2, 0.25) is 0 Å². The van der Waals surface area contributed by atoms with Gasteiger partial charge in [-0.3, -0.25) is 9.59 Å². The van der Waals surface area contributed by atoms with Gasteiger partial charge in [-0.05, 0) is 29.8 Å². The van der Waals surface area contributed by atoms with Crippen LogP contribution in [0.1, 0.15) is 15.9 Å². The number of carbonyl (C=O) groups excluding carboxylic acids is 2. The van der Waals surface area contributed by atoms with Crippen LogP contribution in [0.5, 0.6) is 0 Å². The van der Waals surface area contributed by atoms with Gasteiger partial charge in [0.1, 0.15) is 6.17 Å². The summed E-state index contributed by atoms with van der Waals surface area (Å²) in [5.74, 6) is -0.469. The minimum atomic E-state index is -1.23. The molecule has 1 aliphatic rings. The second kappa shape index (κ2) is 8.28. The third-order valence-electron chi connectivity index (χ3n) is 4.94. The highest BCUT2D eigenvalue weighted by molar-refractivity contribution is 5.95. The maximum absolute atomic E-state index is 14.6. The average molecular weight is 405 g/mol. The molecule has 2 aromatic carbocycles. The number of benzene rings is 2. The number of fused-ring (bicyclic) bond motifs is 1. The molecule has 0 radical (unpaired) electrons. The number of likely N-dealkylation sites (tertiary alicyclic amines) is 1. The third kappa shape index (κ3) is 4.27. The number of amides is 2. The molecule has 8 heteroatoms. The van der Waals surface area contributed by atoms with Gasteiger partial charge >= 0.3 is 0 Å². The van der Waals surface area contributed by atoms with Gasteiger partial charge in [0.15, 0.2) is 0 Å². The van der Waals surface area contributed by atoms with E-state index in [9.17, 15) is 14.0 Å². The van der Waals surface area contributed by atoms with Crippen molar-refractivity contribution >= 4 is 34.7 Å². The Labute approximate surface area is 172 Å². The summed E-state index contributed by atoms with van der Waals surface area (Å²) < 4.78 is 14.6. The standard InChI is InChI=1S/C22H20FN5O2/c23-17-12-28(21(30)15-8-5-14(6-9-15)7-10-20(24)29)13-19(17)27-22-25-11-16-3-1-2-4-18(16)26-22/h1-11,17,19H,12-13H2,(H2,24,29)(H,25,26,27)/t17-,19-/m0/s1. The zero-order chi connectivity index (χ0) is 21.1. The van der Waals surface area contributed by atoms with Gasteiger partial charge in [-0.15, -0.1) is 0 Å². The number of aromatic nitrogens is 2. The van der Waals surface area contributed by atoms with Crippen LogP contribution in [0.15, 0.2) is 60.8 Å². The molecule has 1 aromatic heterocycles. The Morgan fingerprint density at radius 3 is 2.67 bits per heavy atom. The van der Waals surface area contributed by atoms with Crippen molar-refractivity contribution < 1.29 is 14.0 Å². The van der Waals surface area contributed by atoms with E-state index in [1.54, 1.807) is 36.5 Å². The summed E-state index contributed by atoms with van der Waals surface area (Å²) in [4.78, 5) is 33.7. The molecule has 0 spiro atoms. The highest BCUT2D eigenvalue weighted by Crippen LogP contribution is 2.21. The molecule has 0 bridgehead atoms. The third-order valence-corrected chi connectivity index (χ3v) is 4.94. The number of halogens is 1. The first-order chi connectivity index (χ1) is 14.5. The fourth-order valence-corrected chi connectivity index (χ4v) is 3.37. The summed E-state index contributed by atoms with van der Waals surface area (Å²) in [6, 6.07) is 13.6. The van der Waals surface area contributed by atoms with Crippen molar-refractivity contribution in [1.29, 1.82) is 0 Å². The van der Waals surface area contributed by atoms with Gasteiger partial charge in [0.05, 0.1) is 18.1 Å². The molecule has 2 amide bonds. The number of hydrogen-bond acceptors (Lipinski definition) is 5. The highest BCUT2D eigenvalue weighted by atomic mass is 19.1. The van der Waals surface area contributed by atoms with E-state index in [-0.39, 0.29) is 19.0 Å². The lowest BCUT2D eigenvalue weighted by Gasteiger charge is -2.17. The van der Waals surface area contributed by atoms with Gasteiger partial charge in [0, 0.05) is 29.8 Å². The SMILES string of the molecule is NC(=O)C=Cc1ccc(C(=O)N2C[C@H](Nc3ncc4ccccc4n3)[C@@H](F)C2)cc1. The van der Waals surface area contributed by atoms with Gasteiger partial charge in [0.25, 0.3) is 5.91 Å². The highest BCUT2D eigenvalue weighted by Gasteiger charge is 2.36. The zero-order valence-corrected chi connectivity index (χ0v) is 16.0. The number of anilines is 1. The molecular formula is C22H20FN5O2. The summed E-state index contributed by atoms with van der Waals surface area (Å²) in [6.07, 6.45) is 3.26. The first kappa shape index (κ1) is 19.5. The van der Waals surface area contributed by atoms with Gasteiger partial charge < -0.3 is 16.0 Å². The Bertz CT molecular complexity index is 1120. The fraction of sp³-hybridized carbons (Fsp3) is 0.182. The predicted molar refractivity (Wildman–Crippen MR) is 112 cm³/mol. The van der Waals surface area contributed by atoms with Crippen molar-refractivity contribution in [3.8, 4) is 0 Å². The van der Waals surface area contributed by atoms with E-state index in [4.69, 9.17) is 5.73 Å². The number of hydrogen-bond donors (Lipinski definition) is 2. The summed E-state index contributed by atoms with van der Waals surface area (Å²) in [5, 5.41) is 3.91. The van der Waals surface area contributed by atoms with Gasteiger partial charge in [-0.2, -0.15) is 0 Å². The monoisotopic (exact) mass is 405 g/mol. The quantitative estimate of drug-likeness (QED) is 0.635. The molecule has 1 fully saturated rings. The Hall–Kier alpha value is -3.81. The number of nitrogens with two attached hydrogens (primary N) is 1. The summed E-state index contributed by atoms with van der Waals surface area (Å²) >= 11 is 0. The lowest BCUT2D eigenvalue weighted by atomic mass is 10.1. The van der Waals surface area contributed by atoms with Gasteiger partial charge in [-0.1, -0.05) is 30.3 Å². The molecule has 30 heavy (non-hydrogen) atoms. The van der Waals surface area contributed by atoms with Crippen LogP contribution >= 0.6 is 0 Å². The van der Waals surface area contributed by atoms with E-state index in [2.05, 4.69) is 15.3 Å². The van der Waals surface area contributed by atoms with E-state index in [1.165, 1.54) is 11.0 Å². The second-order valence-corrected chi connectivity index (χ2v) is 7.09. The lowest BCUT2D eigenvalue weighted by molar-refractivity contribution is -0.113. The largest absolute Gasteiger partial charge is 0.366 e. The summed E-state index contributed by atoms with van der Waals surface area (Å²) in [7, 11) is 0. The number of nitrogens with zero attached hydrogens (tertiary/aromatic N) is 3. The fourth-order valence-electron chi connectivity index (χ4n) is 3.37. The molecular weight excluding hydrogens is 385 g/mol. The zero-order valence-electron chi connectivity index (χ0n) is 16.0. The van der Waals surface area contributed by atoms with E-state index in [0.29, 0.717) is 11.5 Å². The van der Waals surface area contributed by atoms with Crippen molar-refractivity contribution in [1.82, 2.24) is 14.9 Å². The summed E-state index contributed by atoms with van der Waals surface area (Å²) in [5.41, 5.74) is 7.02. The average Bonchev–Trinajstić information content (AvgIpc) is 3.12. The molecule has 3 aromatic rings. The van der Waals surface area contributed by atoms with Crippen molar-refractivity contribution in [2.45, 2.75) is 12.2 Å². The first-order valence-corrected chi connectivity index (χ1v) is 9.49. The van der Waals surface area contributed by atoms with E-state index in [0.717, 1.165) is 16.5 Å². The Kier molecular flexibility index (Phi) is 5.38. The molecule has 2 heterocycles. The van der Waals surface area contributed by atoms with Crippen LogP contribution in [0.4, 0.5) is 10.3 Å². The van der Waals surface area contributed by atoms with Crippen molar-refractivity contribution in [3.63, 3.8) is 0 Å². The Balaban J connectivity index is 1.42. The van der Waals surface area contributed by atoms with E-state index in [1.807, 2.05) is 24.3 Å². The molecule has 2 atom stereocenters. The van der Waals surface area contributed by atoms with Crippen molar-refractivity contribution in [2.75, 3.05) is 18.4 Å². The molecule has 152 valence electrons. The van der Waals surface area contributed by atoms with Gasteiger partial charge in [-0.25, -0.2) is 14.4 Å².